The number of ether oxygens (including phenoxy) is 1. The third-order valence-corrected chi connectivity index (χ3v) is 6.13. The van der Waals surface area contributed by atoms with Gasteiger partial charge in [0.15, 0.2) is 0 Å². The molecule has 0 bridgehead atoms. The number of likely N-dealkylation sites (N-methyl/N-ethyl adjacent to an activating group) is 1. The van der Waals surface area contributed by atoms with Gasteiger partial charge < -0.3 is 14.5 Å². The Bertz CT molecular complexity index is 1170. The first-order valence-electron chi connectivity index (χ1n) is 11.3. The van der Waals surface area contributed by atoms with Gasteiger partial charge in [0.05, 0.1) is 5.69 Å². The monoisotopic (exact) mass is 461 g/mol. The lowest BCUT2D eigenvalue weighted by molar-refractivity contribution is -0.136. The molecule has 0 N–H and O–H groups in total. The van der Waals surface area contributed by atoms with Crippen LogP contribution in [0, 0.1) is 5.82 Å². The topological polar surface area (TPSA) is 62.7 Å². The normalized spacial score (nSPS) is 17.8. The number of carbonyl (C=O) groups is 2. The summed E-state index contributed by atoms with van der Waals surface area (Å²) in [6, 6.07) is 18.7. The molecule has 2 heterocycles. The molecular weight excluding hydrogens is 433 g/mol. The van der Waals surface area contributed by atoms with Crippen LogP contribution in [0.4, 0.5) is 4.39 Å². The predicted octanol–water partition coefficient (Wildman–Crippen LogP) is 4.06. The Hall–Kier alpha value is -3.74. The van der Waals surface area contributed by atoms with Crippen molar-refractivity contribution in [3.63, 3.8) is 0 Å². The smallest absolute Gasteiger partial charge is 0.254 e. The second kappa shape index (κ2) is 10.0. The number of likely N-dealkylation sites (tertiary alicyclic amines) is 1. The number of halogens is 1. The minimum Gasteiger partial charge on any atom is -0.489 e. The molecule has 1 aromatic heterocycles. The molecule has 176 valence electrons. The second-order valence-corrected chi connectivity index (χ2v) is 8.77. The lowest BCUT2D eigenvalue weighted by atomic mass is 9.75. The Morgan fingerprint density at radius 3 is 2.65 bits per heavy atom. The molecule has 1 fully saturated rings. The Morgan fingerprint density at radius 2 is 1.91 bits per heavy atom. The van der Waals surface area contributed by atoms with E-state index in [0.717, 1.165) is 0 Å². The van der Waals surface area contributed by atoms with Crippen molar-refractivity contribution < 1.29 is 18.7 Å². The third kappa shape index (κ3) is 4.93. The first kappa shape index (κ1) is 23.4. The van der Waals surface area contributed by atoms with E-state index in [4.69, 9.17) is 4.74 Å². The lowest BCUT2D eigenvalue weighted by Gasteiger charge is -2.42. The van der Waals surface area contributed by atoms with Gasteiger partial charge in [-0.15, -0.1) is 0 Å². The Balaban J connectivity index is 1.54. The summed E-state index contributed by atoms with van der Waals surface area (Å²) < 4.78 is 19.2. The zero-order valence-electron chi connectivity index (χ0n) is 19.4. The molecule has 6 nitrogen and oxygen atoms in total. The maximum Gasteiger partial charge on any atom is 0.254 e. The molecule has 1 aliphatic rings. The SMILES string of the molecule is CN(C)C(=O)[C@]1(c2ccccn2)CCCN(C(=O)c2cccc(OCc3cccc(F)c3)c2)C1. The highest BCUT2D eigenvalue weighted by Gasteiger charge is 2.46. The average molecular weight is 462 g/mol. The number of carbonyl (C=O) groups excluding carboxylic acids is 2. The molecule has 34 heavy (non-hydrogen) atoms. The zero-order chi connectivity index (χ0) is 24.1. The van der Waals surface area contributed by atoms with Gasteiger partial charge in [-0.3, -0.25) is 14.6 Å². The van der Waals surface area contributed by atoms with Crippen molar-refractivity contribution in [1.29, 1.82) is 0 Å². The Labute approximate surface area is 199 Å². The summed E-state index contributed by atoms with van der Waals surface area (Å²) in [6.07, 6.45) is 3.00. The zero-order valence-corrected chi connectivity index (χ0v) is 19.4. The van der Waals surface area contributed by atoms with Crippen LogP contribution in [-0.2, 0) is 16.8 Å². The summed E-state index contributed by atoms with van der Waals surface area (Å²) in [6.45, 7) is 1.01. The van der Waals surface area contributed by atoms with E-state index < -0.39 is 5.41 Å². The van der Waals surface area contributed by atoms with E-state index in [1.807, 2.05) is 18.2 Å². The second-order valence-electron chi connectivity index (χ2n) is 8.77. The number of rotatable bonds is 6. The standard InChI is InChI=1S/C27H28FN3O3/c1-30(2)26(33)27(24-12-3-4-14-29-24)13-7-15-31(19-27)25(32)21-9-6-11-23(17-21)34-18-20-8-5-10-22(28)16-20/h3-6,8-12,14,16-17H,7,13,15,18-19H2,1-2H3/t27-/m1/s1. The summed E-state index contributed by atoms with van der Waals surface area (Å²) in [4.78, 5) is 34.6. The van der Waals surface area contributed by atoms with Gasteiger partial charge in [0.2, 0.25) is 5.91 Å². The van der Waals surface area contributed by atoms with E-state index in [2.05, 4.69) is 4.98 Å². The summed E-state index contributed by atoms with van der Waals surface area (Å²) >= 11 is 0. The molecule has 3 aromatic rings. The molecular formula is C27H28FN3O3. The molecule has 1 saturated heterocycles. The van der Waals surface area contributed by atoms with Crippen molar-refractivity contribution in [2.45, 2.75) is 24.9 Å². The molecule has 0 radical (unpaired) electrons. The number of piperidine rings is 1. The molecule has 2 aromatic carbocycles. The van der Waals surface area contributed by atoms with Crippen molar-refractivity contribution >= 4 is 11.8 Å². The highest BCUT2D eigenvalue weighted by molar-refractivity contribution is 5.96. The number of benzene rings is 2. The van der Waals surface area contributed by atoms with Gasteiger partial charge in [-0.1, -0.05) is 24.3 Å². The van der Waals surface area contributed by atoms with E-state index in [1.54, 1.807) is 66.5 Å². The van der Waals surface area contributed by atoms with Gasteiger partial charge in [-0.05, 0) is 60.9 Å². The highest BCUT2D eigenvalue weighted by atomic mass is 19.1. The van der Waals surface area contributed by atoms with Crippen LogP contribution < -0.4 is 4.74 Å². The van der Waals surface area contributed by atoms with Gasteiger partial charge in [-0.2, -0.15) is 0 Å². The first-order valence-corrected chi connectivity index (χ1v) is 11.3. The highest BCUT2D eigenvalue weighted by Crippen LogP contribution is 2.35. The maximum atomic E-state index is 13.5. The Morgan fingerprint density at radius 1 is 1.09 bits per heavy atom. The van der Waals surface area contributed by atoms with Crippen molar-refractivity contribution in [1.82, 2.24) is 14.8 Å². The molecule has 0 spiro atoms. The van der Waals surface area contributed by atoms with Crippen LogP contribution >= 0.6 is 0 Å². The summed E-state index contributed by atoms with van der Waals surface area (Å²) in [7, 11) is 3.46. The van der Waals surface area contributed by atoms with Crippen LogP contribution in [0.5, 0.6) is 5.75 Å². The van der Waals surface area contributed by atoms with Crippen LogP contribution in [0.15, 0.2) is 72.9 Å². The molecule has 1 atom stereocenters. The summed E-state index contributed by atoms with van der Waals surface area (Å²) in [5, 5.41) is 0. The Kier molecular flexibility index (Phi) is 6.91. The van der Waals surface area contributed by atoms with Crippen LogP contribution in [0.1, 0.15) is 34.5 Å². The van der Waals surface area contributed by atoms with E-state index in [9.17, 15) is 14.0 Å². The fourth-order valence-corrected chi connectivity index (χ4v) is 4.49. The average Bonchev–Trinajstić information content (AvgIpc) is 2.87. The number of nitrogens with zero attached hydrogens (tertiary/aromatic N) is 3. The number of amides is 2. The van der Waals surface area contributed by atoms with Crippen LogP contribution in [0.3, 0.4) is 0 Å². The number of aromatic nitrogens is 1. The molecule has 2 amide bonds. The van der Waals surface area contributed by atoms with Crippen molar-refractivity contribution in [3.8, 4) is 5.75 Å². The number of hydrogen-bond acceptors (Lipinski definition) is 4. The minimum atomic E-state index is -0.885. The van der Waals surface area contributed by atoms with E-state index in [0.29, 0.717) is 42.0 Å². The van der Waals surface area contributed by atoms with Crippen LogP contribution in [0.2, 0.25) is 0 Å². The van der Waals surface area contributed by atoms with E-state index >= 15 is 0 Å². The quantitative estimate of drug-likeness (QED) is 0.555. The van der Waals surface area contributed by atoms with Gasteiger partial charge in [0.25, 0.3) is 5.91 Å². The maximum absolute atomic E-state index is 13.5. The molecule has 1 aliphatic heterocycles. The number of pyridine rings is 1. The largest absolute Gasteiger partial charge is 0.489 e. The van der Waals surface area contributed by atoms with E-state index in [1.165, 1.54) is 12.1 Å². The predicted molar refractivity (Wildman–Crippen MR) is 127 cm³/mol. The van der Waals surface area contributed by atoms with Gasteiger partial charge in [0, 0.05) is 38.9 Å². The van der Waals surface area contributed by atoms with Crippen LogP contribution in [-0.4, -0.2) is 53.8 Å². The molecule has 0 aliphatic carbocycles. The van der Waals surface area contributed by atoms with Gasteiger partial charge in [-0.25, -0.2) is 4.39 Å². The molecule has 7 heteroatoms. The first-order chi connectivity index (χ1) is 16.4. The van der Waals surface area contributed by atoms with Gasteiger partial charge in [0.1, 0.15) is 23.6 Å². The summed E-state index contributed by atoms with van der Waals surface area (Å²) in [5.41, 5.74) is 0.976. The van der Waals surface area contributed by atoms with Crippen molar-refractivity contribution in [2.24, 2.45) is 0 Å². The van der Waals surface area contributed by atoms with Gasteiger partial charge >= 0.3 is 0 Å². The third-order valence-electron chi connectivity index (χ3n) is 6.13. The van der Waals surface area contributed by atoms with Crippen molar-refractivity contribution in [2.75, 3.05) is 27.2 Å². The summed E-state index contributed by atoms with van der Waals surface area (Å²) in [5.74, 6) is -0.0232. The van der Waals surface area contributed by atoms with Crippen LogP contribution in [0.25, 0.3) is 0 Å². The molecule has 4 rings (SSSR count). The fraction of sp³-hybridized carbons (Fsp3) is 0.296. The number of hydrogen-bond donors (Lipinski definition) is 0. The lowest BCUT2D eigenvalue weighted by Crippen LogP contribution is -2.56. The minimum absolute atomic E-state index is 0.0594. The fourth-order valence-electron chi connectivity index (χ4n) is 4.49. The molecule has 0 saturated carbocycles. The van der Waals surface area contributed by atoms with E-state index in [-0.39, 0.29) is 30.8 Å². The van der Waals surface area contributed by atoms with Crippen molar-refractivity contribution in [3.05, 3.63) is 95.6 Å². The molecule has 0 unspecified atom stereocenters.